The van der Waals surface area contributed by atoms with Crippen molar-refractivity contribution in [1.82, 2.24) is 24.3 Å². The fraction of sp³-hybridized carbons (Fsp3) is 0.414. The maximum absolute atomic E-state index is 12.5. The Labute approximate surface area is 231 Å². The lowest BCUT2D eigenvalue weighted by Crippen LogP contribution is -2.42. The topological polar surface area (TPSA) is 73.9 Å². The Hall–Kier alpha value is -3.33. The van der Waals surface area contributed by atoms with Crippen molar-refractivity contribution in [1.29, 1.82) is 0 Å². The Balaban J connectivity index is 1.37. The Kier molecular flexibility index (Phi) is 7.22. The number of amides is 1. The van der Waals surface area contributed by atoms with E-state index in [0.29, 0.717) is 13.1 Å². The smallest absolute Gasteiger partial charge is 0.410 e. The average molecular weight is 581 g/mol. The molecule has 1 aliphatic heterocycles. The quantitative estimate of drug-likeness (QED) is 0.255. The second-order valence-corrected chi connectivity index (χ2v) is 11.7. The third kappa shape index (κ3) is 5.43. The van der Waals surface area contributed by atoms with Gasteiger partial charge in [-0.25, -0.2) is 9.31 Å². The number of carbonyl (C=O) groups excluding carboxylic acids is 1. The Morgan fingerprint density at radius 1 is 1.13 bits per heavy atom. The molecule has 1 aromatic carbocycles. The van der Waals surface area contributed by atoms with E-state index in [1.165, 1.54) is 0 Å². The Morgan fingerprint density at radius 2 is 1.87 bits per heavy atom. The highest BCUT2D eigenvalue weighted by Gasteiger charge is 2.29. The molecule has 0 N–H and O–H groups in total. The van der Waals surface area contributed by atoms with E-state index in [0.717, 1.165) is 51.0 Å². The molecule has 0 spiro atoms. The molecule has 4 heterocycles. The number of pyridine rings is 1. The van der Waals surface area contributed by atoms with E-state index in [9.17, 15) is 4.79 Å². The standard InChI is InChI=1S/C29H34BrN5O3/c1-19-24(17-32-35(19)22-11-14-33(15-12-22)28(36)38-29(3,4)5)21-16-27(26-10-13-31-34(26)18-21)37-20(2)23-8-6-7-9-25(23)30/h6-10,13,16-18,20,22H,11-12,14-15H2,1-5H3/t20-/m1/s1. The molecule has 4 aromatic rings. The van der Waals surface area contributed by atoms with Crippen molar-refractivity contribution in [2.45, 2.75) is 65.2 Å². The number of rotatable bonds is 5. The third-order valence-electron chi connectivity index (χ3n) is 6.94. The summed E-state index contributed by atoms with van der Waals surface area (Å²) in [5, 5.41) is 9.26. The van der Waals surface area contributed by atoms with Gasteiger partial charge in [0.15, 0.2) is 0 Å². The molecule has 1 fully saturated rings. The molecule has 0 saturated carbocycles. The minimum absolute atomic E-state index is 0.154. The second kappa shape index (κ2) is 10.4. The van der Waals surface area contributed by atoms with Crippen LogP contribution in [0.5, 0.6) is 5.75 Å². The summed E-state index contributed by atoms with van der Waals surface area (Å²) in [6, 6.07) is 12.4. The molecular formula is C29H34BrN5O3. The van der Waals surface area contributed by atoms with Gasteiger partial charge in [-0.05, 0) is 65.7 Å². The van der Waals surface area contributed by atoms with Crippen LogP contribution in [0.2, 0.25) is 0 Å². The van der Waals surface area contributed by atoms with E-state index in [1.807, 2.05) is 68.9 Å². The van der Waals surface area contributed by atoms with Crippen LogP contribution in [0.25, 0.3) is 16.6 Å². The summed E-state index contributed by atoms with van der Waals surface area (Å²) >= 11 is 3.64. The Morgan fingerprint density at radius 3 is 2.58 bits per heavy atom. The molecule has 1 amide bonds. The number of hydrogen-bond donors (Lipinski definition) is 0. The highest BCUT2D eigenvalue weighted by Crippen LogP contribution is 2.35. The van der Waals surface area contributed by atoms with Gasteiger partial charge in [0, 0.05) is 46.1 Å². The maximum Gasteiger partial charge on any atom is 0.410 e. The van der Waals surface area contributed by atoms with Crippen LogP contribution in [-0.2, 0) is 4.74 Å². The summed E-state index contributed by atoms with van der Waals surface area (Å²) in [7, 11) is 0. The summed E-state index contributed by atoms with van der Waals surface area (Å²) in [6.07, 6.45) is 6.98. The normalized spacial score (nSPS) is 15.6. The summed E-state index contributed by atoms with van der Waals surface area (Å²) < 4.78 is 17.0. The van der Waals surface area contributed by atoms with Gasteiger partial charge in [-0.1, -0.05) is 34.1 Å². The molecule has 8 nitrogen and oxygen atoms in total. The van der Waals surface area contributed by atoms with Crippen LogP contribution in [0.3, 0.4) is 0 Å². The van der Waals surface area contributed by atoms with Crippen molar-refractivity contribution in [2.75, 3.05) is 13.1 Å². The van der Waals surface area contributed by atoms with Crippen LogP contribution in [0.15, 0.2) is 59.5 Å². The average Bonchev–Trinajstić information content (AvgIpc) is 3.50. The molecule has 1 atom stereocenters. The van der Waals surface area contributed by atoms with Gasteiger partial charge in [0.25, 0.3) is 0 Å². The first-order chi connectivity index (χ1) is 18.1. The predicted octanol–water partition coefficient (Wildman–Crippen LogP) is 6.98. The number of halogens is 1. The van der Waals surface area contributed by atoms with E-state index in [1.54, 1.807) is 11.1 Å². The van der Waals surface area contributed by atoms with Crippen LogP contribution >= 0.6 is 15.9 Å². The molecule has 0 unspecified atom stereocenters. The minimum atomic E-state index is -0.491. The second-order valence-electron chi connectivity index (χ2n) is 10.8. The molecule has 1 aliphatic rings. The summed E-state index contributed by atoms with van der Waals surface area (Å²) in [6.45, 7) is 11.1. The molecule has 200 valence electrons. The van der Waals surface area contributed by atoms with Crippen LogP contribution in [0, 0.1) is 6.92 Å². The lowest BCUT2D eigenvalue weighted by molar-refractivity contribution is 0.0184. The first kappa shape index (κ1) is 26.3. The van der Waals surface area contributed by atoms with Crippen molar-refractivity contribution in [2.24, 2.45) is 0 Å². The number of benzene rings is 1. The van der Waals surface area contributed by atoms with Gasteiger partial charge in [0.1, 0.15) is 23.0 Å². The highest BCUT2D eigenvalue weighted by atomic mass is 79.9. The number of aromatic nitrogens is 4. The third-order valence-corrected chi connectivity index (χ3v) is 7.66. The number of hydrogen-bond acceptors (Lipinski definition) is 5. The van der Waals surface area contributed by atoms with Gasteiger partial charge in [0.05, 0.1) is 18.4 Å². The van der Waals surface area contributed by atoms with E-state index < -0.39 is 5.60 Å². The number of likely N-dealkylation sites (tertiary alicyclic amines) is 1. The molecule has 38 heavy (non-hydrogen) atoms. The minimum Gasteiger partial charge on any atom is -0.484 e. The molecule has 1 saturated heterocycles. The first-order valence-electron chi connectivity index (χ1n) is 13.0. The zero-order valence-corrected chi connectivity index (χ0v) is 24.1. The zero-order valence-electron chi connectivity index (χ0n) is 22.5. The van der Waals surface area contributed by atoms with Crippen LogP contribution in [-0.4, -0.2) is 49.1 Å². The van der Waals surface area contributed by atoms with E-state index >= 15 is 0 Å². The number of piperidine rings is 1. The van der Waals surface area contributed by atoms with E-state index in [2.05, 4.69) is 44.8 Å². The van der Waals surface area contributed by atoms with Crippen molar-refractivity contribution in [3.8, 4) is 16.9 Å². The molecular weight excluding hydrogens is 546 g/mol. The predicted molar refractivity (Wildman–Crippen MR) is 150 cm³/mol. The van der Waals surface area contributed by atoms with Crippen molar-refractivity contribution < 1.29 is 14.3 Å². The maximum atomic E-state index is 12.5. The van der Waals surface area contributed by atoms with Crippen LogP contribution in [0.1, 0.15) is 63.9 Å². The van der Waals surface area contributed by atoms with Gasteiger partial charge in [0.2, 0.25) is 0 Å². The van der Waals surface area contributed by atoms with Gasteiger partial charge >= 0.3 is 6.09 Å². The number of ether oxygens (including phenoxy) is 2. The van der Waals surface area contributed by atoms with Gasteiger partial charge < -0.3 is 14.4 Å². The van der Waals surface area contributed by atoms with Crippen molar-refractivity contribution in [3.05, 3.63) is 70.7 Å². The molecule has 5 rings (SSSR count). The van der Waals surface area contributed by atoms with Crippen molar-refractivity contribution >= 4 is 27.5 Å². The van der Waals surface area contributed by atoms with Crippen LogP contribution in [0.4, 0.5) is 4.79 Å². The van der Waals surface area contributed by atoms with E-state index in [-0.39, 0.29) is 18.2 Å². The largest absolute Gasteiger partial charge is 0.484 e. The molecule has 0 radical (unpaired) electrons. The highest BCUT2D eigenvalue weighted by molar-refractivity contribution is 9.10. The summed E-state index contributed by atoms with van der Waals surface area (Å²) in [5.74, 6) is 0.765. The molecule has 0 aliphatic carbocycles. The lowest BCUT2D eigenvalue weighted by Gasteiger charge is -2.33. The SMILES string of the molecule is Cc1c(-c2cc(O[C@H](C)c3ccccc3Br)c3ccnn3c2)cnn1C1CCN(C(=O)OC(C)(C)C)CC1. The number of fused-ring (bicyclic) bond motifs is 1. The zero-order chi connectivity index (χ0) is 27.0. The van der Waals surface area contributed by atoms with Gasteiger partial charge in [-0.3, -0.25) is 4.68 Å². The monoisotopic (exact) mass is 579 g/mol. The van der Waals surface area contributed by atoms with Crippen LogP contribution < -0.4 is 4.74 Å². The molecule has 3 aromatic heterocycles. The fourth-order valence-corrected chi connectivity index (χ4v) is 5.60. The van der Waals surface area contributed by atoms with Gasteiger partial charge in [-0.2, -0.15) is 10.2 Å². The van der Waals surface area contributed by atoms with E-state index in [4.69, 9.17) is 14.6 Å². The lowest BCUT2D eigenvalue weighted by atomic mass is 10.0. The van der Waals surface area contributed by atoms with Crippen molar-refractivity contribution in [3.63, 3.8) is 0 Å². The first-order valence-corrected chi connectivity index (χ1v) is 13.8. The number of nitrogens with zero attached hydrogens (tertiary/aromatic N) is 5. The molecule has 0 bridgehead atoms. The summed E-state index contributed by atoms with van der Waals surface area (Å²) in [5.41, 5.74) is 4.61. The summed E-state index contributed by atoms with van der Waals surface area (Å²) in [4.78, 5) is 14.3. The number of carbonyl (C=O) groups is 1. The fourth-order valence-electron chi connectivity index (χ4n) is 4.99. The molecule has 9 heteroatoms. The van der Waals surface area contributed by atoms with Gasteiger partial charge in [-0.15, -0.1) is 0 Å². The Bertz CT molecular complexity index is 1450.